The molecule has 0 aliphatic heterocycles. The molecule has 0 saturated carbocycles. The van der Waals surface area contributed by atoms with Crippen molar-refractivity contribution in [3.8, 4) is 0 Å². The second kappa shape index (κ2) is 13.5. The van der Waals surface area contributed by atoms with Crippen LogP contribution in [0.2, 0.25) is 12.1 Å². The van der Waals surface area contributed by atoms with Gasteiger partial charge in [0.05, 0.1) is 6.61 Å². The van der Waals surface area contributed by atoms with E-state index < -0.39 is 0 Å². The molecule has 0 rings (SSSR count). The fourth-order valence-corrected chi connectivity index (χ4v) is 3.51. The monoisotopic (exact) mass is 277 g/mol. The van der Waals surface area contributed by atoms with Gasteiger partial charge in [-0.25, -0.2) is 0 Å². The van der Waals surface area contributed by atoms with Crippen LogP contribution >= 0.6 is 0 Å². The van der Waals surface area contributed by atoms with Crippen LogP contribution in [-0.2, 0) is 14.2 Å². The summed E-state index contributed by atoms with van der Waals surface area (Å²) in [5.74, 6) is 0. The molecule has 5 heteroatoms. The topological polar surface area (TPSA) is 30.9 Å². The Kier molecular flexibility index (Phi) is 13.5. The highest BCUT2D eigenvalue weighted by atomic mass is 28.2. The fraction of sp³-hybridized carbons (Fsp3) is 1.00. The molecule has 0 aromatic heterocycles. The molecule has 110 valence electrons. The van der Waals surface area contributed by atoms with Crippen LogP contribution < -0.4 is 0 Å². The molecule has 0 N–H and O–H groups in total. The predicted molar refractivity (Wildman–Crippen MR) is 79.2 cm³/mol. The van der Waals surface area contributed by atoms with Gasteiger partial charge in [-0.1, -0.05) is 19.9 Å². The number of hydrogen-bond donors (Lipinski definition) is 0. The summed E-state index contributed by atoms with van der Waals surface area (Å²) < 4.78 is 16.0. The molecule has 4 nitrogen and oxygen atoms in total. The first-order valence-electron chi connectivity index (χ1n) is 7.14. The van der Waals surface area contributed by atoms with Crippen molar-refractivity contribution >= 4 is 9.52 Å². The second-order valence-electron chi connectivity index (χ2n) is 4.39. The van der Waals surface area contributed by atoms with E-state index in [0.717, 1.165) is 38.9 Å². The van der Waals surface area contributed by atoms with Crippen LogP contribution in [0.4, 0.5) is 0 Å². The molecule has 0 heterocycles. The van der Waals surface area contributed by atoms with E-state index in [1.807, 2.05) is 0 Å². The molecule has 0 amide bonds. The molecule has 0 aromatic carbocycles. The van der Waals surface area contributed by atoms with Gasteiger partial charge in [0.2, 0.25) is 0 Å². The first-order valence-corrected chi connectivity index (χ1v) is 9.14. The third kappa shape index (κ3) is 10.0. The molecule has 0 atom stereocenters. The average Bonchev–Trinajstić information content (AvgIpc) is 2.41. The van der Waals surface area contributed by atoms with E-state index in [-0.39, 0.29) is 15.8 Å². The number of rotatable bonds is 13. The molecule has 0 aliphatic rings. The average molecular weight is 277 g/mol. The SMILES string of the molecule is CCN(CC)CCOCCC[SiH2]CC(OC)OC. The van der Waals surface area contributed by atoms with Gasteiger partial charge in [-0.15, -0.1) is 0 Å². The van der Waals surface area contributed by atoms with Gasteiger partial charge in [0.25, 0.3) is 0 Å². The van der Waals surface area contributed by atoms with E-state index >= 15 is 0 Å². The summed E-state index contributed by atoms with van der Waals surface area (Å²) in [4.78, 5) is 2.39. The Bertz CT molecular complexity index is 146. The highest BCUT2D eigenvalue weighted by molar-refractivity contribution is 6.35. The van der Waals surface area contributed by atoms with E-state index in [0.29, 0.717) is 0 Å². The third-order valence-corrected chi connectivity index (χ3v) is 5.08. The van der Waals surface area contributed by atoms with Crippen LogP contribution in [0, 0.1) is 0 Å². The van der Waals surface area contributed by atoms with Crippen molar-refractivity contribution in [2.24, 2.45) is 0 Å². The van der Waals surface area contributed by atoms with Gasteiger partial charge in [0.15, 0.2) is 6.29 Å². The quantitative estimate of drug-likeness (QED) is 0.289. The number of likely N-dealkylation sites (N-methyl/N-ethyl adjacent to an activating group) is 1. The smallest absolute Gasteiger partial charge is 0.153 e. The van der Waals surface area contributed by atoms with Crippen LogP contribution in [0.5, 0.6) is 0 Å². The van der Waals surface area contributed by atoms with E-state index in [9.17, 15) is 0 Å². The van der Waals surface area contributed by atoms with E-state index in [4.69, 9.17) is 14.2 Å². The van der Waals surface area contributed by atoms with Crippen LogP contribution in [0.3, 0.4) is 0 Å². The van der Waals surface area contributed by atoms with Gasteiger partial charge < -0.3 is 19.1 Å². The van der Waals surface area contributed by atoms with Crippen LogP contribution in [0.15, 0.2) is 0 Å². The Balaban J connectivity index is 3.21. The Morgan fingerprint density at radius 2 is 1.72 bits per heavy atom. The van der Waals surface area contributed by atoms with Crippen molar-refractivity contribution in [3.63, 3.8) is 0 Å². The van der Waals surface area contributed by atoms with Gasteiger partial charge in [-0.3, -0.25) is 0 Å². The molecule has 0 unspecified atom stereocenters. The lowest BCUT2D eigenvalue weighted by Gasteiger charge is -2.17. The molecule has 0 saturated heterocycles. The van der Waals surface area contributed by atoms with E-state index in [2.05, 4.69) is 18.7 Å². The van der Waals surface area contributed by atoms with Crippen LogP contribution in [0.1, 0.15) is 20.3 Å². The molecular weight excluding hydrogens is 246 g/mol. The van der Waals surface area contributed by atoms with Gasteiger partial charge in [0, 0.05) is 36.9 Å². The maximum Gasteiger partial charge on any atom is 0.153 e. The van der Waals surface area contributed by atoms with Crippen molar-refractivity contribution in [1.82, 2.24) is 4.90 Å². The summed E-state index contributed by atoms with van der Waals surface area (Å²) in [6.07, 6.45) is 1.20. The lowest BCUT2D eigenvalue weighted by atomic mass is 10.5. The molecule has 0 aromatic rings. The zero-order valence-electron chi connectivity index (χ0n) is 12.6. The zero-order chi connectivity index (χ0) is 13.6. The van der Waals surface area contributed by atoms with Crippen LogP contribution in [0.25, 0.3) is 0 Å². The Hall–Kier alpha value is 0.0569. The molecular formula is C13H31NO3Si. The van der Waals surface area contributed by atoms with Crippen molar-refractivity contribution in [2.45, 2.75) is 38.6 Å². The first kappa shape index (κ1) is 18.1. The lowest BCUT2D eigenvalue weighted by Crippen LogP contribution is -2.27. The molecule has 0 aliphatic carbocycles. The fourth-order valence-electron chi connectivity index (χ4n) is 1.86. The summed E-state index contributed by atoms with van der Waals surface area (Å²) >= 11 is 0. The van der Waals surface area contributed by atoms with Crippen molar-refractivity contribution in [3.05, 3.63) is 0 Å². The minimum Gasteiger partial charge on any atom is -0.380 e. The molecule has 0 fully saturated rings. The highest BCUT2D eigenvalue weighted by Gasteiger charge is 2.04. The molecule has 0 bridgehead atoms. The third-order valence-electron chi connectivity index (χ3n) is 3.20. The Labute approximate surface area is 115 Å². The van der Waals surface area contributed by atoms with Crippen molar-refractivity contribution in [2.75, 3.05) is 47.1 Å². The first-order chi connectivity index (χ1) is 8.78. The molecule has 0 spiro atoms. The largest absolute Gasteiger partial charge is 0.380 e. The predicted octanol–water partition coefficient (Wildman–Crippen LogP) is 1.36. The van der Waals surface area contributed by atoms with Crippen molar-refractivity contribution in [1.29, 1.82) is 0 Å². The highest BCUT2D eigenvalue weighted by Crippen LogP contribution is 2.01. The summed E-state index contributed by atoms with van der Waals surface area (Å²) in [6, 6.07) is 2.42. The minimum atomic E-state index is -0.0572. The van der Waals surface area contributed by atoms with Crippen molar-refractivity contribution < 1.29 is 14.2 Å². The maximum atomic E-state index is 5.65. The number of hydrogen-bond acceptors (Lipinski definition) is 4. The number of nitrogens with zero attached hydrogens (tertiary/aromatic N) is 1. The second-order valence-corrected chi connectivity index (χ2v) is 6.38. The van der Waals surface area contributed by atoms with E-state index in [1.165, 1.54) is 12.5 Å². The molecule has 0 radical (unpaired) electrons. The standard InChI is InChI=1S/C13H31NO3Si/c1-5-14(6-2)8-10-17-9-7-11-18-12-13(15-3)16-4/h13H,5-12,18H2,1-4H3. The summed E-state index contributed by atoms with van der Waals surface area (Å²) in [7, 11) is 3.36. The number of methoxy groups -OCH3 is 2. The lowest BCUT2D eigenvalue weighted by molar-refractivity contribution is -0.0876. The van der Waals surface area contributed by atoms with Gasteiger partial charge in [-0.05, 0) is 25.6 Å². The Morgan fingerprint density at radius 3 is 2.28 bits per heavy atom. The number of ether oxygens (including phenoxy) is 3. The Morgan fingerprint density at radius 1 is 1.06 bits per heavy atom. The maximum absolute atomic E-state index is 5.65. The normalized spacial score (nSPS) is 12.3. The molecule has 18 heavy (non-hydrogen) atoms. The summed E-state index contributed by atoms with van der Waals surface area (Å²) in [5, 5.41) is 0. The van der Waals surface area contributed by atoms with Gasteiger partial charge >= 0.3 is 0 Å². The summed E-state index contributed by atoms with van der Waals surface area (Å²) in [6.45, 7) is 9.43. The summed E-state index contributed by atoms with van der Waals surface area (Å²) in [5.41, 5.74) is 0. The minimum absolute atomic E-state index is 0.0141. The van der Waals surface area contributed by atoms with Gasteiger partial charge in [-0.2, -0.15) is 0 Å². The van der Waals surface area contributed by atoms with Crippen LogP contribution in [-0.4, -0.2) is 67.8 Å². The zero-order valence-corrected chi connectivity index (χ0v) is 14.0. The van der Waals surface area contributed by atoms with Gasteiger partial charge in [0.1, 0.15) is 0 Å². The van der Waals surface area contributed by atoms with E-state index in [1.54, 1.807) is 14.2 Å².